The maximum absolute atomic E-state index is 10.6. The fraction of sp³-hybridized carbons (Fsp3) is 0.100. The molecule has 1 heterocycles. The number of aromatic nitrogens is 2. The number of rotatable bonds is 3. The Balaban J connectivity index is 2.21. The van der Waals surface area contributed by atoms with Gasteiger partial charge in [0.15, 0.2) is 0 Å². The van der Waals surface area contributed by atoms with Crippen LogP contribution in [0.25, 0.3) is 0 Å². The molecule has 1 aromatic heterocycles. The van der Waals surface area contributed by atoms with Crippen molar-refractivity contribution < 1.29 is 4.92 Å². The van der Waals surface area contributed by atoms with Gasteiger partial charge in [-0.05, 0) is 6.07 Å². The molecule has 16 heavy (non-hydrogen) atoms. The average Bonchev–Trinajstić information content (AvgIpc) is 2.64. The minimum Gasteiger partial charge on any atom is -0.353 e. The van der Waals surface area contributed by atoms with E-state index in [1.54, 1.807) is 36.3 Å². The van der Waals surface area contributed by atoms with Crippen LogP contribution in [-0.2, 0) is 7.05 Å². The van der Waals surface area contributed by atoms with E-state index in [4.69, 9.17) is 0 Å². The van der Waals surface area contributed by atoms with Gasteiger partial charge in [0.05, 0.1) is 16.8 Å². The lowest BCUT2D eigenvalue weighted by Gasteiger charge is -2.02. The molecule has 0 amide bonds. The molecule has 6 nitrogen and oxygen atoms in total. The van der Waals surface area contributed by atoms with Crippen molar-refractivity contribution in [2.75, 3.05) is 5.32 Å². The van der Waals surface area contributed by atoms with E-state index in [1.807, 2.05) is 0 Å². The van der Waals surface area contributed by atoms with Gasteiger partial charge in [-0.25, -0.2) is 0 Å². The van der Waals surface area contributed by atoms with Crippen LogP contribution in [0.15, 0.2) is 36.7 Å². The van der Waals surface area contributed by atoms with Gasteiger partial charge >= 0.3 is 0 Å². The van der Waals surface area contributed by atoms with Gasteiger partial charge in [-0.3, -0.25) is 14.8 Å². The van der Waals surface area contributed by atoms with Crippen molar-refractivity contribution in [1.82, 2.24) is 9.78 Å². The molecule has 0 atom stereocenters. The second-order valence-corrected chi connectivity index (χ2v) is 3.34. The molecule has 0 aliphatic rings. The summed E-state index contributed by atoms with van der Waals surface area (Å²) in [5, 5.41) is 17.6. The highest BCUT2D eigenvalue weighted by Crippen LogP contribution is 2.20. The number of hydrogen-bond donors (Lipinski definition) is 1. The van der Waals surface area contributed by atoms with E-state index in [2.05, 4.69) is 10.4 Å². The fourth-order valence-corrected chi connectivity index (χ4v) is 1.35. The zero-order valence-corrected chi connectivity index (χ0v) is 8.62. The molecule has 1 N–H and O–H groups in total. The minimum atomic E-state index is -0.422. The first-order chi connectivity index (χ1) is 7.65. The number of benzene rings is 1. The van der Waals surface area contributed by atoms with Crippen LogP contribution >= 0.6 is 0 Å². The summed E-state index contributed by atoms with van der Waals surface area (Å²) in [5.41, 5.74) is 1.53. The Bertz CT molecular complexity index is 521. The highest BCUT2D eigenvalue weighted by atomic mass is 16.6. The Morgan fingerprint density at radius 2 is 2.25 bits per heavy atom. The van der Waals surface area contributed by atoms with Crippen molar-refractivity contribution >= 4 is 17.1 Å². The maximum Gasteiger partial charge on any atom is 0.271 e. The third-order valence-electron chi connectivity index (χ3n) is 2.05. The third-order valence-corrected chi connectivity index (χ3v) is 2.05. The van der Waals surface area contributed by atoms with E-state index < -0.39 is 4.92 Å². The van der Waals surface area contributed by atoms with E-state index in [0.29, 0.717) is 5.69 Å². The smallest absolute Gasteiger partial charge is 0.271 e. The fourth-order valence-electron chi connectivity index (χ4n) is 1.35. The molecule has 0 saturated heterocycles. The Morgan fingerprint density at radius 1 is 1.44 bits per heavy atom. The van der Waals surface area contributed by atoms with Gasteiger partial charge in [0.1, 0.15) is 0 Å². The molecule has 0 bridgehead atoms. The van der Waals surface area contributed by atoms with Gasteiger partial charge in [0.25, 0.3) is 5.69 Å². The van der Waals surface area contributed by atoms with Gasteiger partial charge in [-0.1, -0.05) is 6.07 Å². The average molecular weight is 218 g/mol. The number of nitro groups is 1. The lowest BCUT2D eigenvalue weighted by molar-refractivity contribution is -0.384. The number of nitrogens with one attached hydrogen (secondary N) is 1. The molecule has 82 valence electrons. The van der Waals surface area contributed by atoms with Crippen molar-refractivity contribution in [2.24, 2.45) is 7.05 Å². The zero-order valence-electron chi connectivity index (χ0n) is 8.62. The van der Waals surface area contributed by atoms with E-state index in [-0.39, 0.29) is 5.69 Å². The maximum atomic E-state index is 10.6. The van der Waals surface area contributed by atoms with Crippen molar-refractivity contribution in [3.63, 3.8) is 0 Å². The first-order valence-corrected chi connectivity index (χ1v) is 4.65. The van der Waals surface area contributed by atoms with Crippen LogP contribution in [0.2, 0.25) is 0 Å². The highest BCUT2D eigenvalue weighted by Gasteiger charge is 2.05. The summed E-state index contributed by atoms with van der Waals surface area (Å²) in [6, 6.07) is 6.33. The standard InChI is InChI=1S/C10H10N4O2/c1-13-7-9(6-11-13)12-8-3-2-4-10(5-8)14(15)16/h2-7,12H,1H3. The summed E-state index contributed by atoms with van der Waals surface area (Å²) < 4.78 is 1.65. The van der Waals surface area contributed by atoms with E-state index >= 15 is 0 Å². The van der Waals surface area contributed by atoms with Crippen molar-refractivity contribution in [1.29, 1.82) is 0 Å². The predicted octanol–water partition coefficient (Wildman–Crippen LogP) is 2.07. The first kappa shape index (κ1) is 10.2. The van der Waals surface area contributed by atoms with Crippen LogP contribution in [-0.4, -0.2) is 14.7 Å². The van der Waals surface area contributed by atoms with Crippen LogP contribution in [0.4, 0.5) is 17.1 Å². The molecular formula is C10H10N4O2. The van der Waals surface area contributed by atoms with E-state index in [9.17, 15) is 10.1 Å². The Hall–Kier alpha value is -2.37. The summed E-state index contributed by atoms with van der Waals surface area (Å²) >= 11 is 0. The molecule has 2 rings (SSSR count). The molecule has 0 unspecified atom stereocenters. The number of nitrogens with zero attached hydrogens (tertiary/aromatic N) is 3. The highest BCUT2D eigenvalue weighted by molar-refractivity contribution is 5.60. The van der Waals surface area contributed by atoms with Crippen LogP contribution in [0.3, 0.4) is 0 Å². The lowest BCUT2D eigenvalue weighted by atomic mass is 10.3. The van der Waals surface area contributed by atoms with Gasteiger partial charge in [-0.15, -0.1) is 0 Å². The number of hydrogen-bond acceptors (Lipinski definition) is 4. The summed E-state index contributed by atoms with van der Waals surface area (Å²) in [5.74, 6) is 0. The molecule has 0 spiro atoms. The summed E-state index contributed by atoms with van der Waals surface area (Å²) in [6.45, 7) is 0. The third kappa shape index (κ3) is 2.17. The second-order valence-electron chi connectivity index (χ2n) is 3.34. The predicted molar refractivity (Wildman–Crippen MR) is 59.6 cm³/mol. The van der Waals surface area contributed by atoms with E-state index in [1.165, 1.54) is 12.1 Å². The Kier molecular flexibility index (Phi) is 2.55. The van der Waals surface area contributed by atoms with E-state index in [0.717, 1.165) is 5.69 Å². The van der Waals surface area contributed by atoms with Crippen LogP contribution in [0.5, 0.6) is 0 Å². The monoisotopic (exact) mass is 218 g/mol. The zero-order chi connectivity index (χ0) is 11.5. The van der Waals surface area contributed by atoms with Crippen molar-refractivity contribution in [3.05, 3.63) is 46.8 Å². The Morgan fingerprint density at radius 3 is 2.88 bits per heavy atom. The number of nitro benzene ring substituents is 1. The SMILES string of the molecule is Cn1cc(Nc2cccc([N+](=O)[O-])c2)cn1. The topological polar surface area (TPSA) is 73.0 Å². The minimum absolute atomic E-state index is 0.0638. The van der Waals surface area contributed by atoms with Crippen molar-refractivity contribution in [3.8, 4) is 0 Å². The summed E-state index contributed by atoms with van der Waals surface area (Å²) in [7, 11) is 1.80. The molecular weight excluding hydrogens is 208 g/mol. The number of aryl methyl sites for hydroxylation is 1. The van der Waals surface area contributed by atoms with Gasteiger partial charge in [0, 0.05) is 31.1 Å². The summed E-state index contributed by atoms with van der Waals surface area (Å²) in [6.07, 6.45) is 3.44. The molecule has 0 saturated carbocycles. The molecule has 6 heteroatoms. The molecule has 0 aliphatic heterocycles. The van der Waals surface area contributed by atoms with Gasteiger partial charge in [-0.2, -0.15) is 5.10 Å². The number of non-ortho nitro benzene ring substituents is 1. The number of anilines is 2. The van der Waals surface area contributed by atoms with Crippen LogP contribution in [0, 0.1) is 10.1 Å². The molecule has 2 aromatic rings. The van der Waals surface area contributed by atoms with Gasteiger partial charge < -0.3 is 5.32 Å². The molecule has 0 radical (unpaired) electrons. The second kappa shape index (κ2) is 4.01. The largest absolute Gasteiger partial charge is 0.353 e. The molecule has 0 fully saturated rings. The molecule has 0 aliphatic carbocycles. The van der Waals surface area contributed by atoms with Crippen LogP contribution in [0.1, 0.15) is 0 Å². The van der Waals surface area contributed by atoms with Crippen molar-refractivity contribution in [2.45, 2.75) is 0 Å². The van der Waals surface area contributed by atoms with Gasteiger partial charge in [0.2, 0.25) is 0 Å². The Labute approximate surface area is 91.7 Å². The molecule has 1 aromatic carbocycles. The quantitative estimate of drug-likeness (QED) is 0.632. The summed E-state index contributed by atoms with van der Waals surface area (Å²) in [4.78, 5) is 10.1. The lowest BCUT2D eigenvalue weighted by Crippen LogP contribution is -1.92. The normalized spacial score (nSPS) is 10.1. The first-order valence-electron chi connectivity index (χ1n) is 4.65. The van der Waals surface area contributed by atoms with Crippen LogP contribution < -0.4 is 5.32 Å².